The molecule has 1 atom stereocenters. The predicted octanol–water partition coefficient (Wildman–Crippen LogP) is 2.97. The Bertz CT molecular complexity index is 729. The number of rotatable bonds is 4. The Morgan fingerprint density at radius 1 is 1.15 bits per heavy atom. The monoisotopic (exact) mass is 397 g/mol. The maximum Gasteiger partial charge on any atom is 0.238 e. The molecule has 2 fully saturated rings. The Morgan fingerprint density at radius 3 is 2.35 bits per heavy atom. The zero-order chi connectivity index (χ0) is 19.1. The predicted molar refractivity (Wildman–Crippen MR) is 105 cm³/mol. The highest BCUT2D eigenvalue weighted by Gasteiger charge is 2.68. The first-order valence-corrected chi connectivity index (χ1v) is 9.65. The molecule has 0 unspecified atom stereocenters. The second-order valence-corrected chi connectivity index (χ2v) is 9.06. The zero-order valence-electron chi connectivity index (χ0n) is 15.4. The molecule has 1 N–H and O–H groups in total. The maximum atomic E-state index is 12.6. The Hall–Kier alpha value is -1.30. The molecule has 1 aliphatic heterocycles. The van der Waals surface area contributed by atoms with Gasteiger partial charge >= 0.3 is 0 Å². The van der Waals surface area contributed by atoms with E-state index < -0.39 is 9.75 Å². The van der Waals surface area contributed by atoms with Crippen molar-refractivity contribution in [1.82, 2.24) is 9.80 Å². The van der Waals surface area contributed by atoms with Gasteiger partial charge in [0.1, 0.15) is 4.33 Å². The fourth-order valence-corrected chi connectivity index (χ4v) is 4.07. The third-order valence-corrected chi connectivity index (χ3v) is 6.74. The quantitative estimate of drug-likeness (QED) is 0.794. The summed E-state index contributed by atoms with van der Waals surface area (Å²) in [5, 5.41) is 2.98. The van der Waals surface area contributed by atoms with Crippen molar-refractivity contribution in [3.05, 3.63) is 29.3 Å². The fourth-order valence-electron chi connectivity index (χ4n) is 3.37. The smallest absolute Gasteiger partial charge is 0.238 e. The van der Waals surface area contributed by atoms with Crippen molar-refractivity contribution in [1.29, 1.82) is 0 Å². The molecule has 0 radical (unpaired) electrons. The van der Waals surface area contributed by atoms with E-state index in [9.17, 15) is 9.59 Å². The third kappa shape index (κ3) is 3.71. The number of nitrogens with zero attached hydrogens (tertiary/aromatic N) is 2. The molecule has 1 heterocycles. The fraction of sp³-hybridized carbons (Fsp3) is 0.579. The van der Waals surface area contributed by atoms with Crippen LogP contribution in [-0.4, -0.2) is 58.7 Å². The van der Waals surface area contributed by atoms with Crippen LogP contribution in [0, 0.1) is 19.3 Å². The molecule has 2 aliphatic rings. The summed E-state index contributed by atoms with van der Waals surface area (Å²) in [7, 11) is 0. The topological polar surface area (TPSA) is 52.7 Å². The number of anilines is 1. The number of amides is 2. The van der Waals surface area contributed by atoms with Crippen molar-refractivity contribution in [2.45, 2.75) is 31.5 Å². The molecule has 3 rings (SSSR count). The van der Waals surface area contributed by atoms with Crippen LogP contribution in [0.2, 0.25) is 0 Å². The molecule has 26 heavy (non-hydrogen) atoms. The van der Waals surface area contributed by atoms with Gasteiger partial charge in [-0.15, -0.1) is 23.2 Å². The average molecular weight is 398 g/mol. The second kappa shape index (κ2) is 7.02. The van der Waals surface area contributed by atoms with E-state index >= 15 is 0 Å². The summed E-state index contributed by atoms with van der Waals surface area (Å²) < 4.78 is -0.938. The van der Waals surface area contributed by atoms with E-state index in [4.69, 9.17) is 23.2 Å². The van der Waals surface area contributed by atoms with Gasteiger partial charge in [-0.2, -0.15) is 0 Å². The normalized spacial score (nSPS) is 25.0. The average Bonchev–Trinajstić information content (AvgIpc) is 3.11. The minimum Gasteiger partial charge on any atom is -0.340 e. The van der Waals surface area contributed by atoms with Crippen molar-refractivity contribution in [3.63, 3.8) is 0 Å². The highest BCUT2D eigenvalue weighted by molar-refractivity contribution is 6.53. The van der Waals surface area contributed by atoms with Gasteiger partial charge in [-0.25, -0.2) is 0 Å². The Kier molecular flexibility index (Phi) is 5.26. The third-order valence-electron chi connectivity index (χ3n) is 5.64. The molecular formula is C19H25Cl2N3O2. The number of aryl methyl sites for hydroxylation is 1. The van der Waals surface area contributed by atoms with Gasteiger partial charge in [0, 0.05) is 31.9 Å². The lowest BCUT2D eigenvalue weighted by molar-refractivity contribution is -0.138. The van der Waals surface area contributed by atoms with Crippen molar-refractivity contribution in [3.8, 4) is 0 Å². The largest absolute Gasteiger partial charge is 0.340 e. The molecule has 1 aliphatic carbocycles. The van der Waals surface area contributed by atoms with Crippen LogP contribution in [0.5, 0.6) is 0 Å². The number of nitrogens with one attached hydrogen (secondary N) is 1. The maximum absolute atomic E-state index is 12.6. The molecular weight excluding hydrogens is 373 g/mol. The number of hydrogen-bond donors (Lipinski definition) is 1. The summed E-state index contributed by atoms with van der Waals surface area (Å²) in [6, 6.07) is 5.88. The summed E-state index contributed by atoms with van der Waals surface area (Å²) in [5.74, 6) is -0.0184. The van der Waals surface area contributed by atoms with E-state index in [1.165, 1.54) is 0 Å². The van der Waals surface area contributed by atoms with Crippen molar-refractivity contribution < 1.29 is 9.59 Å². The number of piperazine rings is 1. The summed E-state index contributed by atoms with van der Waals surface area (Å²) in [6.45, 7) is 8.68. The van der Waals surface area contributed by atoms with Crippen molar-refractivity contribution >= 4 is 40.7 Å². The molecule has 0 bridgehead atoms. The van der Waals surface area contributed by atoms with Gasteiger partial charge in [0.2, 0.25) is 11.8 Å². The molecule has 0 spiro atoms. The summed E-state index contributed by atoms with van der Waals surface area (Å²) >= 11 is 12.2. The van der Waals surface area contributed by atoms with Gasteiger partial charge < -0.3 is 10.2 Å². The molecule has 1 saturated carbocycles. The van der Waals surface area contributed by atoms with E-state index in [0.717, 1.165) is 16.8 Å². The molecule has 0 aromatic heterocycles. The van der Waals surface area contributed by atoms with Crippen LogP contribution >= 0.6 is 23.2 Å². The lowest BCUT2D eigenvalue weighted by Crippen LogP contribution is -2.52. The van der Waals surface area contributed by atoms with E-state index in [1.54, 1.807) is 0 Å². The summed E-state index contributed by atoms with van der Waals surface area (Å²) in [4.78, 5) is 28.8. The van der Waals surface area contributed by atoms with Crippen LogP contribution in [0.25, 0.3) is 0 Å². The van der Waals surface area contributed by atoms with Gasteiger partial charge in [-0.1, -0.05) is 12.1 Å². The molecule has 2 amide bonds. The number of hydrogen-bond acceptors (Lipinski definition) is 3. The van der Waals surface area contributed by atoms with Crippen LogP contribution < -0.4 is 5.32 Å². The zero-order valence-corrected chi connectivity index (χ0v) is 17.0. The molecule has 1 saturated heterocycles. The number of carbonyl (C=O) groups excluding carboxylic acids is 2. The summed E-state index contributed by atoms with van der Waals surface area (Å²) in [6.07, 6.45) is 0.500. The van der Waals surface area contributed by atoms with Crippen LogP contribution in [0.15, 0.2) is 18.2 Å². The van der Waals surface area contributed by atoms with Gasteiger partial charge in [-0.3, -0.25) is 14.5 Å². The van der Waals surface area contributed by atoms with E-state index in [0.29, 0.717) is 39.1 Å². The molecule has 7 heteroatoms. The second-order valence-electron chi connectivity index (χ2n) is 7.58. The van der Waals surface area contributed by atoms with Crippen molar-refractivity contribution in [2.75, 3.05) is 38.0 Å². The highest BCUT2D eigenvalue weighted by atomic mass is 35.5. The van der Waals surface area contributed by atoms with Crippen LogP contribution in [0.4, 0.5) is 5.69 Å². The SMILES string of the molecule is Cc1cccc(NC(=O)CN2CCN(C(=O)[C@@]3(C)CC3(Cl)Cl)CC2)c1C. The standard InChI is InChI=1S/C19H25Cl2N3O2/c1-13-5-4-6-15(14(13)2)22-16(25)11-23-7-9-24(10-8-23)17(26)18(3)12-19(18,20)21/h4-6H,7-12H2,1-3H3,(H,22,25)/t18-/m1/s1. The first-order chi connectivity index (χ1) is 12.1. The van der Waals surface area contributed by atoms with Crippen LogP contribution in [0.3, 0.4) is 0 Å². The number of carbonyl (C=O) groups is 2. The Morgan fingerprint density at radius 2 is 1.77 bits per heavy atom. The van der Waals surface area contributed by atoms with E-state index in [-0.39, 0.29) is 11.8 Å². The lowest BCUT2D eigenvalue weighted by Gasteiger charge is -2.36. The van der Waals surface area contributed by atoms with Gasteiger partial charge in [0.15, 0.2) is 0 Å². The minimum atomic E-state index is -0.938. The molecule has 5 nitrogen and oxygen atoms in total. The Labute approximate surface area is 164 Å². The first kappa shape index (κ1) is 19.5. The highest BCUT2D eigenvalue weighted by Crippen LogP contribution is 2.64. The van der Waals surface area contributed by atoms with Crippen molar-refractivity contribution in [2.24, 2.45) is 5.41 Å². The molecule has 1 aromatic carbocycles. The number of benzene rings is 1. The van der Waals surface area contributed by atoms with Crippen LogP contribution in [0.1, 0.15) is 24.5 Å². The first-order valence-electron chi connectivity index (χ1n) is 8.90. The Balaban J connectivity index is 1.49. The number of alkyl halides is 2. The van der Waals surface area contributed by atoms with E-state index in [2.05, 4.69) is 10.2 Å². The lowest BCUT2D eigenvalue weighted by atomic mass is 10.1. The van der Waals surface area contributed by atoms with Crippen LogP contribution in [-0.2, 0) is 9.59 Å². The van der Waals surface area contributed by atoms with Gasteiger partial charge in [0.25, 0.3) is 0 Å². The van der Waals surface area contributed by atoms with E-state index in [1.807, 2.05) is 43.9 Å². The summed E-state index contributed by atoms with van der Waals surface area (Å²) in [5.41, 5.74) is 2.42. The number of halogens is 2. The molecule has 1 aromatic rings. The van der Waals surface area contributed by atoms with Gasteiger partial charge in [-0.05, 0) is 44.4 Å². The minimum absolute atomic E-state index is 0.0157. The van der Waals surface area contributed by atoms with Gasteiger partial charge in [0.05, 0.1) is 12.0 Å². The molecule has 142 valence electrons.